The number of anilines is 3. The number of nitrogen functional groups attached to an aromatic ring is 3. The maximum absolute atomic E-state index is 9.93. The van der Waals surface area contributed by atoms with Gasteiger partial charge in [0, 0.05) is 11.8 Å². The van der Waals surface area contributed by atoms with Crippen molar-refractivity contribution < 1.29 is 5.11 Å². The van der Waals surface area contributed by atoms with Crippen molar-refractivity contribution in [3.63, 3.8) is 0 Å². The lowest BCUT2D eigenvalue weighted by molar-refractivity contribution is 0.0813. The molecule has 96 valence electrons. The van der Waals surface area contributed by atoms with E-state index in [1.54, 1.807) is 13.8 Å². The molecule has 2 aromatic rings. The summed E-state index contributed by atoms with van der Waals surface area (Å²) in [4.78, 5) is 4.22. The van der Waals surface area contributed by atoms with Crippen molar-refractivity contribution in [3.05, 3.63) is 23.8 Å². The van der Waals surface area contributed by atoms with Gasteiger partial charge in [-0.3, -0.25) is 0 Å². The first-order valence-electron chi connectivity index (χ1n) is 5.74. The highest BCUT2D eigenvalue weighted by Gasteiger charge is 2.18. The van der Waals surface area contributed by atoms with Gasteiger partial charge < -0.3 is 22.3 Å². The van der Waals surface area contributed by atoms with E-state index < -0.39 is 5.60 Å². The fourth-order valence-corrected chi connectivity index (χ4v) is 2.07. The maximum atomic E-state index is 9.93. The first-order chi connectivity index (χ1) is 8.29. The lowest BCUT2D eigenvalue weighted by Crippen LogP contribution is -2.22. The molecule has 0 amide bonds. The molecule has 5 nitrogen and oxygen atoms in total. The number of fused-ring (bicyclic) bond motifs is 1. The molecule has 0 atom stereocenters. The Hall–Kier alpha value is -2.01. The van der Waals surface area contributed by atoms with Gasteiger partial charge in [-0.1, -0.05) is 12.1 Å². The first-order valence-corrected chi connectivity index (χ1v) is 5.74. The lowest BCUT2D eigenvalue weighted by atomic mass is 9.94. The molecule has 1 heterocycles. The SMILES string of the molecule is CC(C)(O)Cc1cccc2nc(N)c(N)c(N)c12. The van der Waals surface area contributed by atoms with E-state index in [0.29, 0.717) is 23.3 Å². The standard InChI is InChI=1S/C13H18N4O/c1-13(2,18)6-7-4-3-5-8-9(7)10(14)11(15)12(16)17-8/h3-5,18H,6,15H2,1-2H3,(H4,14,16,17). The van der Waals surface area contributed by atoms with Crippen molar-refractivity contribution in [2.24, 2.45) is 0 Å². The Bertz CT molecular complexity index is 602. The molecule has 2 rings (SSSR count). The van der Waals surface area contributed by atoms with Crippen LogP contribution in [0.4, 0.5) is 17.2 Å². The fourth-order valence-electron chi connectivity index (χ4n) is 2.07. The van der Waals surface area contributed by atoms with Crippen LogP contribution in [0.1, 0.15) is 19.4 Å². The molecule has 0 aliphatic rings. The third-order valence-corrected chi connectivity index (χ3v) is 2.83. The highest BCUT2D eigenvalue weighted by Crippen LogP contribution is 2.33. The number of rotatable bonds is 2. The van der Waals surface area contributed by atoms with Gasteiger partial charge in [0.15, 0.2) is 0 Å². The quantitative estimate of drug-likeness (QED) is 0.638. The van der Waals surface area contributed by atoms with Crippen molar-refractivity contribution in [2.45, 2.75) is 25.9 Å². The zero-order chi connectivity index (χ0) is 13.5. The zero-order valence-corrected chi connectivity index (χ0v) is 10.6. The molecule has 0 aliphatic carbocycles. The Kier molecular flexibility index (Phi) is 2.78. The van der Waals surface area contributed by atoms with Gasteiger partial charge in [0.05, 0.1) is 22.5 Å². The molecule has 0 fully saturated rings. The minimum Gasteiger partial charge on any atom is -0.396 e. The molecule has 0 spiro atoms. The van der Waals surface area contributed by atoms with Crippen molar-refractivity contribution in [2.75, 3.05) is 17.2 Å². The van der Waals surface area contributed by atoms with Gasteiger partial charge in [0.25, 0.3) is 0 Å². The lowest BCUT2D eigenvalue weighted by Gasteiger charge is -2.19. The average molecular weight is 246 g/mol. The van der Waals surface area contributed by atoms with Crippen LogP contribution in [0, 0.1) is 0 Å². The van der Waals surface area contributed by atoms with Crippen molar-refractivity contribution in [1.29, 1.82) is 0 Å². The van der Waals surface area contributed by atoms with E-state index in [2.05, 4.69) is 4.98 Å². The number of nitrogens with two attached hydrogens (primary N) is 3. The molecule has 5 heteroatoms. The molecule has 0 aliphatic heterocycles. The van der Waals surface area contributed by atoms with Crippen LogP contribution < -0.4 is 17.2 Å². The van der Waals surface area contributed by atoms with E-state index in [1.165, 1.54) is 0 Å². The Labute approximate surface area is 106 Å². The third-order valence-electron chi connectivity index (χ3n) is 2.83. The van der Waals surface area contributed by atoms with Gasteiger partial charge in [0.2, 0.25) is 0 Å². The van der Waals surface area contributed by atoms with Crippen LogP contribution in [0.5, 0.6) is 0 Å². The molecular formula is C13H18N4O. The van der Waals surface area contributed by atoms with Gasteiger partial charge in [0.1, 0.15) is 5.82 Å². The molecule has 0 bridgehead atoms. The Morgan fingerprint density at radius 2 is 1.83 bits per heavy atom. The highest BCUT2D eigenvalue weighted by molar-refractivity contribution is 6.01. The van der Waals surface area contributed by atoms with E-state index in [9.17, 15) is 5.11 Å². The molecule has 1 aromatic heterocycles. The molecular weight excluding hydrogens is 228 g/mol. The summed E-state index contributed by atoms with van der Waals surface area (Å²) in [5.41, 5.74) is 19.0. The van der Waals surface area contributed by atoms with Crippen LogP contribution >= 0.6 is 0 Å². The summed E-state index contributed by atoms with van der Waals surface area (Å²) in [6.45, 7) is 3.49. The van der Waals surface area contributed by atoms with Crippen LogP contribution in [0.3, 0.4) is 0 Å². The summed E-state index contributed by atoms with van der Waals surface area (Å²) >= 11 is 0. The number of aromatic nitrogens is 1. The second-order valence-electron chi connectivity index (χ2n) is 5.12. The van der Waals surface area contributed by atoms with Gasteiger partial charge in [-0.15, -0.1) is 0 Å². The number of nitrogens with zero attached hydrogens (tertiary/aromatic N) is 1. The van der Waals surface area contributed by atoms with E-state index in [4.69, 9.17) is 17.2 Å². The Morgan fingerprint density at radius 3 is 2.44 bits per heavy atom. The highest BCUT2D eigenvalue weighted by atomic mass is 16.3. The second kappa shape index (κ2) is 4.03. The fraction of sp³-hybridized carbons (Fsp3) is 0.308. The Morgan fingerprint density at radius 1 is 1.17 bits per heavy atom. The largest absolute Gasteiger partial charge is 0.396 e. The predicted octanol–water partition coefficient (Wildman–Crippen LogP) is 1.29. The monoisotopic (exact) mass is 246 g/mol. The molecule has 0 saturated carbocycles. The van der Waals surface area contributed by atoms with Gasteiger partial charge in [-0.25, -0.2) is 4.98 Å². The van der Waals surface area contributed by atoms with Crippen LogP contribution in [0.15, 0.2) is 18.2 Å². The predicted molar refractivity (Wildman–Crippen MR) is 75.0 cm³/mol. The van der Waals surface area contributed by atoms with Gasteiger partial charge >= 0.3 is 0 Å². The Balaban J connectivity index is 2.72. The van der Waals surface area contributed by atoms with Crippen LogP contribution in [-0.2, 0) is 6.42 Å². The zero-order valence-electron chi connectivity index (χ0n) is 10.6. The molecule has 1 aromatic carbocycles. The number of benzene rings is 1. The molecule has 18 heavy (non-hydrogen) atoms. The summed E-state index contributed by atoms with van der Waals surface area (Å²) < 4.78 is 0. The summed E-state index contributed by atoms with van der Waals surface area (Å²) in [5, 5.41) is 10.7. The summed E-state index contributed by atoms with van der Waals surface area (Å²) in [6.07, 6.45) is 0.472. The summed E-state index contributed by atoms with van der Waals surface area (Å²) in [7, 11) is 0. The summed E-state index contributed by atoms with van der Waals surface area (Å²) in [5.74, 6) is 0.236. The molecule has 0 radical (unpaired) electrons. The topological polar surface area (TPSA) is 111 Å². The van der Waals surface area contributed by atoms with Crippen molar-refractivity contribution in [3.8, 4) is 0 Å². The van der Waals surface area contributed by atoms with Crippen molar-refractivity contribution in [1.82, 2.24) is 4.98 Å². The van der Waals surface area contributed by atoms with Crippen LogP contribution in [-0.4, -0.2) is 15.7 Å². The molecule has 0 saturated heterocycles. The van der Waals surface area contributed by atoms with E-state index in [1.807, 2.05) is 18.2 Å². The van der Waals surface area contributed by atoms with Crippen LogP contribution in [0.2, 0.25) is 0 Å². The van der Waals surface area contributed by atoms with Gasteiger partial charge in [-0.2, -0.15) is 0 Å². The number of hydrogen-bond acceptors (Lipinski definition) is 5. The first kappa shape index (κ1) is 12.4. The van der Waals surface area contributed by atoms with Crippen LogP contribution in [0.25, 0.3) is 10.9 Å². The van der Waals surface area contributed by atoms with Crippen molar-refractivity contribution >= 4 is 28.1 Å². The third kappa shape index (κ3) is 2.17. The number of aliphatic hydroxyl groups is 1. The average Bonchev–Trinajstić information content (AvgIpc) is 2.23. The van der Waals surface area contributed by atoms with E-state index >= 15 is 0 Å². The number of pyridine rings is 1. The van der Waals surface area contributed by atoms with E-state index in [0.717, 1.165) is 10.9 Å². The minimum absolute atomic E-state index is 0.236. The normalized spacial score (nSPS) is 11.9. The minimum atomic E-state index is -0.823. The van der Waals surface area contributed by atoms with E-state index in [-0.39, 0.29) is 5.82 Å². The summed E-state index contributed by atoms with van der Waals surface area (Å²) in [6, 6.07) is 5.61. The molecule has 0 unspecified atom stereocenters. The maximum Gasteiger partial charge on any atom is 0.149 e. The smallest absolute Gasteiger partial charge is 0.149 e. The van der Waals surface area contributed by atoms with Gasteiger partial charge in [-0.05, 0) is 25.5 Å². The molecule has 7 N–H and O–H groups in total. The second-order valence-corrected chi connectivity index (χ2v) is 5.12. The number of hydrogen-bond donors (Lipinski definition) is 4.